The molecule has 2 saturated heterocycles. The van der Waals surface area contributed by atoms with Gasteiger partial charge in [-0.1, -0.05) is 24.6 Å². The van der Waals surface area contributed by atoms with Gasteiger partial charge in [0, 0.05) is 43.0 Å². The highest BCUT2D eigenvalue weighted by molar-refractivity contribution is 7.80. The van der Waals surface area contributed by atoms with E-state index in [9.17, 15) is 0 Å². The van der Waals surface area contributed by atoms with Crippen LogP contribution in [0.4, 0.5) is 0 Å². The quantitative estimate of drug-likeness (QED) is 0.799. The highest BCUT2D eigenvalue weighted by atomic mass is 32.1. The van der Waals surface area contributed by atoms with Crippen molar-refractivity contribution in [2.24, 2.45) is 0 Å². The molecule has 0 saturated carbocycles. The van der Waals surface area contributed by atoms with E-state index in [0.29, 0.717) is 12.6 Å². The first-order chi connectivity index (χ1) is 11.3. The smallest absolute Gasteiger partial charge is 0.173 e. The summed E-state index contributed by atoms with van der Waals surface area (Å²) in [5.41, 5.74) is 2.33. The van der Waals surface area contributed by atoms with E-state index in [-0.39, 0.29) is 0 Å². The largest absolute Gasteiger partial charge is 0.488 e. The van der Waals surface area contributed by atoms with E-state index in [1.807, 2.05) is 24.4 Å². The fraction of sp³-hybridized carbons (Fsp3) is 0.500. The first-order valence-corrected chi connectivity index (χ1v) is 8.93. The molecular formula is C18H23N3OS. The van der Waals surface area contributed by atoms with E-state index in [0.717, 1.165) is 30.5 Å². The third kappa shape index (κ3) is 3.08. The predicted molar refractivity (Wildman–Crippen MR) is 96.4 cm³/mol. The summed E-state index contributed by atoms with van der Waals surface area (Å²) in [6.07, 6.45) is 6.03. The Morgan fingerprint density at radius 2 is 2.13 bits per heavy atom. The molecule has 0 aromatic heterocycles. The summed E-state index contributed by atoms with van der Waals surface area (Å²) in [7, 11) is 0. The second-order valence-corrected chi connectivity index (χ2v) is 6.92. The molecular weight excluding hydrogens is 306 g/mol. The number of rotatable bonds is 1. The number of nitrogens with zero attached hydrogens (tertiary/aromatic N) is 2. The minimum atomic E-state index is 0.616. The van der Waals surface area contributed by atoms with Crippen molar-refractivity contribution in [3.05, 3.63) is 36.0 Å². The summed E-state index contributed by atoms with van der Waals surface area (Å²) < 4.78 is 5.69. The summed E-state index contributed by atoms with van der Waals surface area (Å²) in [5, 5.41) is 4.17. The fourth-order valence-electron chi connectivity index (χ4n) is 3.79. The maximum atomic E-state index is 5.69. The van der Waals surface area contributed by atoms with Crippen LogP contribution in [0.25, 0.3) is 5.57 Å². The molecule has 4 rings (SSSR count). The van der Waals surface area contributed by atoms with Crippen molar-refractivity contribution in [1.29, 1.82) is 0 Å². The van der Waals surface area contributed by atoms with Gasteiger partial charge in [0.05, 0.1) is 0 Å². The molecule has 1 aromatic carbocycles. The van der Waals surface area contributed by atoms with Gasteiger partial charge in [-0.25, -0.2) is 0 Å². The molecule has 122 valence electrons. The SMILES string of the molecule is S=C(N/C=C1/COc2ccccc21)N1CCN2CCCCC2C1. The van der Waals surface area contributed by atoms with Gasteiger partial charge in [0.25, 0.3) is 0 Å². The molecule has 3 aliphatic heterocycles. The third-order valence-corrected chi connectivity index (χ3v) is 5.49. The Morgan fingerprint density at radius 1 is 1.22 bits per heavy atom. The second-order valence-electron chi connectivity index (χ2n) is 6.54. The van der Waals surface area contributed by atoms with Gasteiger partial charge in [-0.2, -0.15) is 0 Å². The van der Waals surface area contributed by atoms with E-state index in [2.05, 4.69) is 21.2 Å². The van der Waals surface area contributed by atoms with Gasteiger partial charge in [0.2, 0.25) is 0 Å². The molecule has 5 heteroatoms. The van der Waals surface area contributed by atoms with E-state index >= 15 is 0 Å². The van der Waals surface area contributed by atoms with Crippen LogP contribution in [0.1, 0.15) is 24.8 Å². The van der Waals surface area contributed by atoms with Crippen LogP contribution in [0, 0.1) is 0 Å². The molecule has 1 N–H and O–H groups in total. The van der Waals surface area contributed by atoms with Crippen LogP contribution < -0.4 is 10.1 Å². The topological polar surface area (TPSA) is 27.7 Å². The molecule has 0 amide bonds. The zero-order valence-corrected chi connectivity index (χ0v) is 14.1. The molecule has 1 atom stereocenters. The minimum absolute atomic E-state index is 0.616. The van der Waals surface area contributed by atoms with Crippen molar-refractivity contribution >= 4 is 22.9 Å². The number of ether oxygens (including phenoxy) is 1. The highest BCUT2D eigenvalue weighted by Gasteiger charge is 2.29. The lowest BCUT2D eigenvalue weighted by Crippen LogP contribution is -2.57. The summed E-state index contributed by atoms with van der Waals surface area (Å²) in [6, 6.07) is 8.84. The first kappa shape index (κ1) is 15.0. The van der Waals surface area contributed by atoms with Crippen LogP contribution in [0.2, 0.25) is 0 Å². The fourth-order valence-corrected chi connectivity index (χ4v) is 4.02. The normalized spacial score (nSPS) is 25.7. The number of thiocarbonyl (C=S) groups is 1. The Balaban J connectivity index is 1.38. The number of piperazine rings is 1. The highest BCUT2D eigenvalue weighted by Crippen LogP contribution is 2.32. The summed E-state index contributed by atoms with van der Waals surface area (Å²) in [4.78, 5) is 4.95. The lowest BCUT2D eigenvalue weighted by molar-refractivity contribution is 0.0802. The molecule has 0 spiro atoms. The zero-order valence-electron chi connectivity index (χ0n) is 13.3. The van der Waals surface area contributed by atoms with Crippen molar-refractivity contribution in [1.82, 2.24) is 15.1 Å². The number of benzene rings is 1. The molecule has 0 radical (unpaired) electrons. The second kappa shape index (κ2) is 6.49. The van der Waals surface area contributed by atoms with Crippen LogP contribution in [-0.2, 0) is 0 Å². The number of piperidine rings is 1. The van der Waals surface area contributed by atoms with Crippen LogP contribution >= 0.6 is 12.2 Å². The number of fused-ring (bicyclic) bond motifs is 2. The first-order valence-electron chi connectivity index (χ1n) is 8.52. The third-order valence-electron chi connectivity index (χ3n) is 5.11. The maximum absolute atomic E-state index is 5.69. The van der Waals surface area contributed by atoms with Gasteiger partial charge < -0.3 is 15.0 Å². The monoisotopic (exact) mass is 329 g/mol. The van der Waals surface area contributed by atoms with Crippen molar-refractivity contribution in [3.8, 4) is 5.75 Å². The minimum Gasteiger partial charge on any atom is -0.488 e. The van der Waals surface area contributed by atoms with Crippen LogP contribution in [-0.4, -0.2) is 53.7 Å². The van der Waals surface area contributed by atoms with Crippen LogP contribution in [0.3, 0.4) is 0 Å². The molecule has 2 fully saturated rings. The Bertz CT molecular complexity index is 630. The molecule has 1 aromatic rings. The predicted octanol–water partition coefficient (Wildman–Crippen LogP) is 2.46. The number of para-hydroxylation sites is 1. The van der Waals surface area contributed by atoms with Gasteiger partial charge in [-0.05, 0) is 37.7 Å². The Morgan fingerprint density at radius 3 is 3.09 bits per heavy atom. The molecule has 23 heavy (non-hydrogen) atoms. The number of hydrogen-bond donors (Lipinski definition) is 1. The lowest BCUT2D eigenvalue weighted by Gasteiger charge is -2.44. The summed E-state index contributed by atoms with van der Waals surface area (Å²) in [5.74, 6) is 0.960. The standard InChI is InChI=1S/C18H23N3OS/c23-18(21-10-9-20-8-4-3-5-15(20)12-21)19-11-14-13-22-17-7-2-1-6-16(14)17/h1-2,6-7,11,15H,3-5,8-10,12-13H2,(H,19,23)/b14-11-. The molecule has 3 aliphatic rings. The van der Waals surface area contributed by atoms with E-state index in [1.165, 1.54) is 36.9 Å². The maximum Gasteiger partial charge on any atom is 0.173 e. The Kier molecular flexibility index (Phi) is 4.23. The van der Waals surface area contributed by atoms with Crippen molar-refractivity contribution in [2.75, 3.05) is 32.8 Å². The van der Waals surface area contributed by atoms with E-state index < -0.39 is 0 Å². The number of hydrogen-bond acceptors (Lipinski definition) is 3. The average Bonchev–Trinajstić information content (AvgIpc) is 3.02. The van der Waals surface area contributed by atoms with E-state index in [4.69, 9.17) is 17.0 Å². The van der Waals surface area contributed by atoms with Gasteiger partial charge in [-0.15, -0.1) is 0 Å². The van der Waals surface area contributed by atoms with Gasteiger partial charge in [0.15, 0.2) is 5.11 Å². The van der Waals surface area contributed by atoms with Crippen molar-refractivity contribution in [3.63, 3.8) is 0 Å². The Labute approximate surface area is 143 Å². The zero-order chi connectivity index (χ0) is 15.6. The van der Waals surface area contributed by atoms with Gasteiger partial charge in [0.1, 0.15) is 12.4 Å². The van der Waals surface area contributed by atoms with Gasteiger partial charge in [-0.3, -0.25) is 4.90 Å². The summed E-state index contributed by atoms with van der Waals surface area (Å²) >= 11 is 5.61. The van der Waals surface area contributed by atoms with Crippen molar-refractivity contribution < 1.29 is 4.74 Å². The molecule has 3 heterocycles. The molecule has 1 unspecified atom stereocenters. The molecule has 4 nitrogen and oxygen atoms in total. The van der Waals surface area contributed by atoms with Crippen LogP contribution in [0.5, 0.6) is 5.75 Å². The summed E-state index contributed by atoms with van der Waals surface area (Å²) in [6.45, 7) is 5.10. The van der Waals surface area contributed by atoms with E-state index in [1.54, 1.807) is 0 Å². The molecule has 0 aliphatic carbocycles. The molecule has 0 bridgehead atoms. The van der Waals surface area contributed by atoms with Crippen molar-refractivity contribution in [2.45, 2.75) is 25.3 Å². The Hall–Kier alpha value is -1.59. The lowest BCUT2D eigenvalue weighted by atomic mass is 10.00. The average molecular weight is 329 g/mol. The van der Waals surface area contributed by atoms with Gasteiger partial charge >= 0.3 is 0 Å². The van der Waals surface area contributed by atoms with Crippen LogP contribution in [0.15, 0.2) is 30.5 Å². The number of nitrogens with one attached hydrogen (secondary N) is 1.